The highest BCUT2D eigenvalue weighted by Gasteiger charge is 2.36. The largest absolute Gasteiger partial charge is 0.493 e. The lowest BCUT2D eigenvalue weighted by atomic mass is 9.96. The Morgan fingerprint density at radius 1 is 1.00 bits per heavy atom. The van der Waals surface area contributed by atoms with Crippen LogP contribution in [0.3, 0.4) is 0 Å². The second-order valence-electron chi connectivity index (χ2n) is 7.97. The number of sulfonamides is 1. The number of rotatable bonds is 8. The van der Waals surface area contributed by atoms with Crippen LogP contribution in [0.1, 0.15) is 35.4 Å². The van der Waals surface area contributed by atoms with E-state index in [2.05, 4.69) is 4.72 Å². The minimum atomic E-state index is -3.37. The predicted octanol–water partition coefficient (Wildman–Crippen LogP) is 3.92. The second-order valence-corrected chi connectivity index (χ2v) is 9.71. The Bertz CT molecular complexity index is 1280. The fourth-order valence-corrected chi connectivity index (χ4v) is 4.64. The number of hydrazone groups is 1. The Hall–Kier alpha value is -3.56. The zero-order valence-electron chi connectivity index (χ0n) is 19.2. The van der Waals surface area contributed by atoms with E-state index in [9.17, 15) is 13.5 Å². The van der Waals surface area contributed by atoms with Gasteiger partial charge < -0.3 is 14.6 Å². The summed E-state index contributed by atoms with van der Waals surface area (Å²) in [6.07, 6.45) is 0.634. The number of anilines is 1. The van der Waals surface area contributed by atoms with Crippen molar-refractivity contribution in [3.05, 3.63) is 89.5 Å². The molecule has 9 heteroatoms. The Morgan fingerprint density at radius 2 is 1.71 bits per heavy atom. The van der Waals surface area contributed by atoms with Crippen molar-refractivity contribution in [3.8, 4) is 11.5 Å². The third-order valence-electron chi connectivity index (χ3n) is 5.60. The lowest BCUT2D eigenvalue weighted by molar-refractivity contribution is -0.0182. The number of hydrogen-bond donors (Lipinski definition) is 2. The highest BCUT2D eigenvalue weighted by molar-refractivity contribution is 7.92. The number of aliphatic hydroxyl groups excluding tert-OH is 1. The van der Waals surface area contributed by atoms with Crippen LogP contribution in [0, 0.1) is 0 Å². The zero-order valence-corrected chi connectivity index (χ0v) is 20.0. The number of ether oxygens (including phenoxy) is 2. The van der Waals surface area contributed by atoms with Crippen molar-refractivity contribution in [1.82, 2.24) is 5.01 Å². The van der Waals surface area contributed by atoms with Gasteiger partial charge in [-0.05, 0) is 23.8 Å². The fraction of sp³-hybridized carbons (Fsp3) is 0.240. The third kappa shape index (κ3) is 5.00. The molecule has 1 heterocycles. The van der Waals surface area contributed by atoms with Crippen LogP contribution in [0.2, 0.25) is 0 Å². The van der Waals surface area contributed by atoms with Crippen molar-refractivity contribution < 1.29 is 23.0 Å². The van der Waals surface area contributed by atoms with Crippen molar-refractivity contribution in [2.45, 2.75) is 18.7 Å². The average molecular weight is 482 g/mol. The van der Waals surface area contributed by atoms with Crippen molar-refractivity contribution in [2.24, 2.45) is 5.10 Å². The molecular weight excluding hydrogens is 454 g/mol. The Balaban J connectivity index is 1.73. The topological polar surface area (TPSA) is 100 Å². The minimum Gasteiger partial charge on any atom is -0.493 e. The molecule has 2 atom stereocenters. The van der Waals surface area contributed by atoms with E-state index in [0.29, 0.717) is 29.2 Å². The van der Waals surface area contributed by atoms with Gasteiger partial charge in [-0.2, -0.15) is 5.10 Å². The van der Waals surface area contributed by atoms with Gasteiger partial charge in [-0.1, -0.05) is 54.6 Å². The van der Waals surface area contributed by atoms with Gasteiger partial charge in [0.05, 0.1) is 32.2 Å². The van der Waals surface area contributed by atoms with Gasteiger partial charge in [0.2, 0.25) is 10.0 Å². The Labute approximate surface area is 199 Å². The highest BCUT2D eigenvalue weighted by atomic mass is 32.2. The van der Waals surface area contributed by atoms with Crippen LogP contribution in [-0.2, 0) is 10.0 Å². The number of aliphatic hydroxyl groups is 1. The van der Waals surface area contributed by atoms with E-state index in [1.807, 2.05) is 60.7 Å². The molecule has 8 nitrogen and oxygen atoms in total. The first-order chi connectivity index (χ1) is 16.3. The second kappa shape index (κ2) is 9.74. The van der Waals surface area contributed by atoms with Gasteiger partial charge in [0.25, 0.3) is 0 Å². The lowest BCUT2D eigenvalue weighted by Crippen LogP contribution is -2.25. The van der Waals surface area contributed by atoms with E-state index in [-0.39, 0.29) is 6.04 Å². The molecule has 0 saturated heterocycles. The molecule has 0 saturated carbocycles. The van der Waals surface area contributed by atoms with Gasteiger partial charge in [-0.3, -0.25) is 9.73 Å². The number of para-hydroxylation sites is 1. The van der Waals surface area contributed by atoms with Crippen LogP contribution in [0.15, 0.2) is 77.9 Å². The number of benzene rings is 3. The zero-order chi connectivity index (χ0) is 24.3. The van der Waals surface area contributed by atoms with Crippen LogP contribution in [0.5, 0.6) is 11.5 Å². The van der Waals surface area contributed by atoms with E-state index in [1.54, 1.807) is 31.4 Å². The summed E-state index contributed by atoms with van der Waals surface area (Å²) in [6, 6.07) is 21.7. The van der Waals surface area contributed by atoms with Gasteiger partial charge in [-0.15, -0.1) is 0 Å². The molecule has 0 spiro atoms. The van der Waals surface area contributed by atoms with Gasteiger partial charge in [0, 0.05) is 23.2 Å². The maximum Gasteiger partial charge on any atom is 0.229 e. The molecule has 0 amide bonds. The monoisotopic (exact) mass is 481 g/mol. The third-order valence-corrected chi connectivity index (χ3v) is 6.21. The standard InChI is InChI=1S/C25H27N3O5S/c1-32-23-11-7-10-20(24(23)33-2)22-16-21(17-12-14-19(15-13-17)27-34(3,30)31)26-28(22)25(29)18-8-5-4-6-9-18/h4-15,22,25,27,29H,16H2,1-3H3. The van der Waals surface area contributed by atoms with Crippen LogP contribution in [0.4, 0.5) is 5.69 Å². The lowest BCUT2D eigenvalue weighted by Gasteiger charge is -2.30. The smallest absolute Gasteiger partial charge is 0.229 e. The number of nitrogens with zero attached hydrogens (tertiary/aromatic N) is 2. The summed E-state index contributed by atoms with van der Waals surface area (Å²) in [5.41, 5.74) is 3.61. The van der Waals surface area contributed by atoms with E-state index < -0.39 is 16.3 Å². The summed E-state index contributed by atoms with van der Waals surface area (Å²) in [5, 5.41) is 17.7. The first-order valence-corrected chi connectivity index (χ1v) is 12.6. The van der Waals surface area contributed by atoms with Crippen molar-refractivity contribution >= 4 is 21.4 Å². The van der Waals surface area contributed by atoms with Crippen LogP contribution >= 0.6 is 0 Å². The molecule has 0 bridgehead atoms. The minimum absolute atomic E-state index is 0.316. The Kier molecular flexibility index (Phi) is 6.76. The van der Waals surface area contributed by atoms with Gasteiger partial charge >= 0.3 is 0 Å². The first-order valence-electron chi connectivity index (χ1n) is 10.7. The Morgan fingerprint density at radius 3 is 2.32 bits per heavy atom. The maximum atomic E-state index is 11.5. The molecule has 1 aliphatic heterocycles. The van der Waals surface area contributed by atoms with Gasteiger partial charge in [-0.25, -0.2) is 8.42 Å². The van der Waals surface area contributed by atoms with E-state index in [0.717, 1.165) is 23.1 Å². The molecule has 34 heavy (non-hydrogen) atoms. The molecular formula is C25H27N3O5S. The van der Waals surface area contributed by atoms with Crippen molar-refractivity contribution in [2.75, 3.05) is 25.2 Å². The van der Waals surface area contributed by atoms with E-state index >= 15 is 0 Å². The van der Waals surface area contributed by atoms with Crippen molar-refractivity contribution in [3.63, 3.8) is 0 Å². The summed E-state index contributed by atoms with van der Waals surface area (Å²) in [7, 11) is -0.195. The summed E-state index contributed by atoms with van der Waals surface area (Å²) < 4.78 is 36.6. The normalized spacial score (nSPS) is 16.6. The molecule has 1 aliphatic rings. The molecule has 3 aromatic carbocycles. The SMILES string of the molecule is COc1cccc(C2CC(c3ccc(NS(C)(=O)=O)cc3)=NN2C(O)c2ccccc2)c1OC. The maximum absolute atomic E-state index is 11.5. The van der Waals surface area contributed by atoms with Gasteiger partial charge in [0.15, 0.2) is 17.7 Å². The summed E-state index contributed by atoms with van der Waals surface area (Å²) in [4.78, 5) is 0. The fourth-order valence-electron chi connectivity index (χ4n) is 4.08. The number of methoxy groups -OCH3 is 2. The molecule has 4 rings (SSSR count). The molecule has 178 valence electrons. The summed E-state index contributed by atoms with van der Waals surface area (Å²) in [6.45, 7) is 0. The van der Waals surface area contributed by atoms with Gasteiger partial charge in [0.1, 0.15) is 0 Å². The number of hydrogen-bond acceptors (Lipinski definition) is 7. The molecule has 0 radical (unpaired) electrons. The van der Waals surface area contributed by atoms with E-state index in [1.165, 1.54) is 0 Å². The number of nitrogens with one attached hydrogen (secondary N) is 1. The summed E-state index contributed by atoms with van der Waals surface area (Å²) >= 11 is 0. The summed E-state index contributed by atoms with van der Waals surface area (Å²) in [5.74, 6) is 1.18. The van der Waals surface area contributed by atoms with Crippen LogP contribution in [0.25, 0.3) is 0 Å². The molecule has 3 aromatic rings. The quantitative estimate of drug-likeness (QED) is 0.506. The highest BCUT2D eigenvalue weighted by Crippen LogP contribution is 2.44. The van der Waals surface area contributed by atoms with Crippen LogP contribution in [-0.4, -0.2) is 44.7 Å². The predicted molar refractivity (Wildman–Crippen MR) is 132 cm³/mol. The average Bonchev–Trinajstić information content (AvgIpc) is 3.28. The molecule has 2 unspecified atom stereocenters. The van der Waals surface area contributed by atoms with E-state index in [4.69, 9.17) is 14.6 Å². The van der Waals surface area contributed by atoms with Crippen LogP contribution < -0.4 is 14.2 Å². The molecule has 0 aliphatic carbocycles. The first kappa shape index (κ1) is 23.6. The van der Waals surface area contributed by atoms with Crippen molar-refractivity contribution in [1.29, 1.82) is 0 Å². The molecule has 0 fully saturated rings. The molecule has 0 aromatic heterocycles. The molecule has 2 N–H and O–H groups in total.